The number of hydrogen-bond acceptors (Lipinski definition) is 3. The number of H-pyrrole nitrogens is 1. The summed E-state index contributed by atoms with van der Waals surface area (Å²) in [7, 11) is 0. The highest BCUT2D eigenvalue weighted by atomic mass is 14.9. The molecule has 0 aromatic carbocycles. The van der Waals surface area contributed by atoms with Gasteiger partial charge in [0, 0.05) is 12.6 Å². The normalized spacial score (nSPS) is 10.6. The van der Waals surface area contributed by atoms with E-state index in [9.17, 15) is 0 Å². The van der Waals surface area contributed by atoms with E-state index in [1.54, 1.807) is 6.20 Å². The van der Waals surface area contributed by atoms with E-state index >= 15 is 0 Å². The third kappa shape index (κ3) is 1.76. The monoisotopic (exact) mass is 214 g/mol. The van der Waals surface area contributed by atoms with Crippen molar-refractivity contribution in [2.45, 2.75) is 33.1 Å². The minimum absolute atomic E-state index is 0.402. The van der Waals surface area contributed by atoms with Crippen LogP contribution in [0.15, 0.2) is 6.20 Å². The fourth-order valence-corrected chi connectivity index (χ4v) is 1.71. The van der Waals surface area contributed by atoms with Gasteiger partial charge in [0.05, 0.1) is 5.52 Å². The first-order chi connectivity index (χ1) is 7.76. The molecule has 16 heavy (non-hydrogen) atoms. The standard InChI is InChI=1S/C12H14N4/c1-3-4-5-10-15-11-8(2)7-14-9(6-13)12(11)16-10/h7H,3-5H2,1-2H3,(H,15,16). The molecule has 82 valence electrons. The van der Waals surface area contributed by atoms with Gasteiger partial charge in [-0.25, -0.2) is 9.97 Å². The van der Waals surface area contributed by atoms with Crippen LogP contribution in [0.4, 0.5) is 0 Å². The van der Waals surface area contributed by atoms with Crippen LogP contribution in [0.5, 0.6) is 0 Å². The van der Waals surface area contributed by atoms with Crippen LogP contribution in [-0.2, 0) is 6.42 Å². The highest BCUT2D eigenvalue weighted by Crippen LogP contribution is 2.18. The minimum Gasteiger partial charge on any atom is -0.342 e. The van der Waals surface area contributed by atoms with E-state index in [1.165, 1.54) is 0 Å². The van der Waals surface area contributed by atoms with Gasteiger partial charge in [0.25, 0.3) is 0 Å². The molecule has 2 rings (SSSR count). The second kappa shape index (κ2) is 4.31. The summed E-state index contributed by atoms with van der Waals surface area (Å²) < 4.78 is 0. The molecule has 4 heteroatoms. The van der Waals surface area contributed by atoms with Gasteiger partial charge in [-0.15, -0.1) is 0 Å². The maximum Gasteiger partial charge on any atom is 0.168 e. The number of rotatable bonds is 3. The van der Waals surface area contributed by atoms with Crippen molar-refractivity contribution in [3.8, 4) is 6.07 Å². The Kier molecular flexibility index (Phi) is 2.86. The average Bonchev–Trinajstić information content (AvgIpc) is 2.72. The van der Waals surface area contributed by atoms with E-state index in [1.807, 2.05) is 6.92 Å². The zero-order valence-corrected chi connectivity index (χ0v) is 9.54. The lowest BCUT2D eigenvalue weighted by atomic mass is 10.2. The van der Waals surface area contributed by atoms with Crippen LogP contribution in [0.25, 0.3) is 11.0 Å². The molecule has 0 amide bonds. The number of unbranched alkanes of at least 4 members (excludes halogenated alkanes) is 1. The number of aromatic nitrogens is 3. The van der Waals surface area contributed by atoms with Crippen LogP contribution < -0.4 is 0 Å². The summed E-state index contributed by atoms with van der Waals surface area (Å²) in [6.07, 6.45) is 4.88. The summed E-state index contributed by atoms with van der Waals surface area (Å²) in [6.45, 7) is 4.12. The number of pyridine rings is 1. The highest BCUT2D eigenvalue weighted by molar-refractivity contribution is 5.82. The first kappa shape index (κ1) is 10.6. The molecular weight excluding hydrogens is 200 g/mol. The molecule has 0 saturated carbocycles. The van der Waals surface area contributed by atoms with Crippen LogP contribution in [0.2, 0.25) is 0 Å². The molecule has 0 atom stereocenters. The Morgan fingerprint density at radius 1 is 1.50 bits per heavy atom. The van der Waals surface area contributed by atoms with E-state index < -0.39 is 0 Å². The van der Waals surface area contributed by atoms with Gasteiger partial charge in [-0.1, -0.05) is 13.3 Å². The quantitative estimate of drug-likeness (QED) is 0.853. The Labute approximate surface area is 94.3 Å². The summed E-state index contributed by atoms with van der Waals surface area (Å²) >= 11 is 0. The molecule has 2 aromatic rings. The Balaban J connectivity index is 2.51. The predicted octanol–water partition coefficient (Wildman–Crippen LogP) is 2.48. The smallest absolute Gasteiger partial charge is 0.168 e. The van der Waals surface area contributed by atoms with Gasteiger partial charge in [-0.3, -0.25) is 0 Å². The molecule has 4 nitrogen and oxygen atoms in total. The van der Waals surface area contributed by atoms with Gasteiger partial charge in [-0.2, -0.15) is 5.26 Å². The van der Waals surface area contributed by atoms with Gasteiger partial charge in [-0.05, 0) is 18.9 Å². The molecule has 0 bridgehead atoms. The molecule has 0 aliphatic carbocycles. The first-order valence-electron chi connectivity index (χ1n) is 5.50. The highest BCUT2D eigenvalue weighted by Gasteiger charge is 2.10. The van der Waals surface area contributed by atoms with Crippen LogP contribution in [0, 0.1) is 18.3 Å². The number of fused-ring (bicyclic) bond motifs is 1. The molecule has 0 saturated heterocycles. The Bertz CT molecular complexity index is 548. The van der Waals surface area contributed by atoms with E-state index in [4.69, 9.17) is 5.26 Å². The minimum atomic E-state index is 0.402. The van der Waals surface area contributed by atoms with Crippen molar-refractivity contribution in [2.75, 3.05) is 0 Å². The van der Waals surface area contributed by atoms with Crippen molar-refractivity contribution in [2.24, 2.45) is 0 Å². The Morgan fingerprint density at radius 3 is 3.00 bits per heavy atom. The molecular formula is C12H14N4. The summed E-state index contributed by atoms with van der Waals surface area (Å²) in [6, 6.07) is 2.07. The molecule has 0 spiro atoms. The van der Waals surface area contributed by atoms with Crippen LogP contribution in [0.3, 0.4) is 0 Å². The Morgan fingerprint density at radius 2 is 2.31 bits per heavy atom. The largest absolute Gasteiger partial charge is 0.342 e. The van der Waals surface area contributed by atoms with Gasteiger partial charge >= 0.3 is 0 Å². The third-order valence-corrected chi connectivity index (χ3v) is 2.63. The molecule has 0 fully saturated rings. The van der Waals surface area contributed by atoms with Crippen molar-refractivity contribution in [1.82, 2.24) is 15.0 Å². The number of hydrogen-bond donors (Lipinski definition) is 1. The Hall–Kier alpha value is -1.89. The second-order valence-electron chi connectivity index (χ2n) is 3.91. The van der Waals surface area contributed by atoms with Crippen molar-refractivity contribution in [1.29, 1.82) is 5.26 Å². The van der Waals surface area contributed by atoms with Crippen LogP contribution in [0.1, 0.15) is 36.8 Å². The van der Waals surface area contributed by atoms with E-state index in [-0.39, 0.29) is 0 Å². The number of aryl methyl sites for hydroxylation is 2. The molecule has 0 unspecified atom stereocenters. The van der Waals surface area contributed by atoms with E-state index in [0.29, 0.717) is 11.2 Å². The average molecular weight is 214 g/mol. The lowest BCUT2D eigenvalue weighted by molar-refractivity contribution is 0.765. The SMILES string of the molecule is CCCCc1nc2c(C#N)ncc(C)c2[nH]1. The van der Waals surface area contributed by atoms with Crippen molar-refractivity contribution >= 4 is 11.0 Å². The van der Waals surface area contributed by atoms with Crippen molar-refractivity contribution in [3.05, 3.63) is 23.3 Å². The summed E-state index contributed by atoms with van der Waals surface area (Å²) in [5.41, 5.74) is 3.08. The fraction of sp³-hybridized carbons (Fsp3) is 0.417. The summed E-state index contributed by atoms with van der Waals surface area (Å²) in [4.78, 5) is 11.8. The van der Waals surface area contributed by atoms with Crippen molar-refractivity contribution in [3.63, 3.8) is 0 Å². The zero-order valence-electron chi connectivity index (χ0n) is 9.54. The summed E-state index contributed by atoms with van der Waals surface area (Å²) in [5.74, 6) is 0.949. The van der Waals surface area contributed by atoms with Crippen LogP contribution >= 0.6 is 0 Å². The van der Waals surface area contributed by atoms with Gasteiger partial charge in [0.1, 0.15) is 17.4 Å². The molecule has 0 radical (unpaired) electrons. The van der Waals surface area contributed by atoms with Crippen LogP contribution in [-0.4, -0.2) is 15.0 Å². The maximum absolute atomic E-state index is 8.95. The lowest BCUT2D eigenvalue weighted by Gasteiger charge is -1.94. The molecule has 1 N–H and O–H groups in total. The van der Waals surface area contributed by atoms with E-state index in [2.05, 4.69) is 27.9 Å². The maximum atomic E-state index is 8.95. The number of nitriles is 1. The zero-order chi connectivity index (χ0) is 11.5. The number of imidazole rings is 1. The number of nitrogens with zero attached hydrogens (tertiary/aromatic N) is 3. The molecule has 2 aromatic heterocycles. The van der Waals surface area contributed by atoms with Gasteiger partial charge in [0.2, 0.25) is 0 Å². The fourth-order valence-electron chi connectivity index (χ4n) is 1.71. The number of nitrogens with one attached hydrogen (secondary N) is 1. The topological polar surface area (TPSA) is 65.4 Å². The van der Waals surface area contributed by atoms with E-state index in [0.717, 1.165) is 36.2 Å². The van der Waals surface area contributed by atoms with Gasteiger partial charge in [0.15, 0.2) is 5.69 Å². The lowest BCUT2D eigenvalue weighted by Crippen LogP contribution is -1.87. The number of aromatic amines is 1. The first-order valence-corrected chi connectivity index (χ1v) is 5.50. The summed E-state index contributed by atoms with van der Waals surface area (Å²) in [5, 5.41) is 8.95. The predicted molar refractivity (Wildman–Crippen MR) is 62.0 cm³/mol. The molecule has 2 heterocycles. The molecule has 0 aliphatic rings. The second-order valence-corrected chi connectivity index (χ2v) is 3.91. The van der Waals surface area contributed by atoms with Gasteiger partial charge < -0.3 is 4.98 Å². The third-order valence-electron chi connectivity index (χ3n) is 2.63. The molecule has 0 aliphatic heterocycles. The van der Waals surface area contributed by atoms with Crippen molar-refractivity contribution < 1.29 is 0 Å².